The highest BCUT2D eigenvalue weighted by Gasteiger charge is 2.08. The number of carbonyl (C=O) groups excluding carboxylic acids is 2. The number of hydrogen-bond donors (Lipinski definition) is 2. The molecular formula is C18H17BrClN3O2. The average Bonchev–Trinajstić information content (AvgIpc) is 2.55. The second-order valence-corrected chi connectivity index (χ2v) is 6.83. The zero-order valence-corrected chi connectivity index (χ0v) is 16.1. The molecule has 0 atom stereocenters. The first-order valence-electron chi connectivity index (χ1n) is 7.50. The van der Waals surface area contributed by atoms with Crippen molar-refractivity contribution in [1.82, 2.24) is 5.43 Å². The van der Waals surface area contributed by atoms with Crippen LogP contribution in [0.2, 0.25) is 5.02 Å². The van der Waals surface area contributed by atoms with Gasteiger partial charge in [-0.1, -0.05) is 33.6 Å². The first kappa shape index (κ1) is 19.1. The minimum Gasteiger partial charge on any atom is -0.326 e. The van der Waals surface area contributed by atoms with Gasteiger partial charge in [-0.25, -0.2) is 5.43 Å². The number of nitrogens with zero attached hydrogens (tertiary/aromatic N) is 1. The molecule has 2 aromatic rings. The molecule has 0 heterocycles. The Morgan fingerprint density at radius 3 is 2.64 bits per heavy atom. The maximum absolute atomic E-state index is 12.1. The van der Waals surface area contributed by atoms with Gasteiger partial charge in [0.1, 0.15) is 0 Å². The van der Waals surface area contributed by atoms with Crippen LogP contribution in [0.25, 0.3) is 0 Å². The van der Waals surface area contributed by atoms with E-state index in [9.17, 15) is 9.59 Å². The van der Waals surface area contributed by atoms with E-state index in [-0.39, 0.29) is 18.2 Å². The molecule has 0 radical (unpaired) electrons. The molecule has 2 amide bonds. The van der Waals surface area contributed by atoms with Crippen LogP contribution in [0, 0.1) is 6.92 Å². The third-order valence-electron chi connectivity index (χ3n) is 3.31. The predicted octanol–water partition coefficient (Wildman–Crippen LogP) is 4.55. The van der Waals surface area contributed by atoms with Crippen LogP contribution in [0.4, 0.5) is 5.69 Å². The van der Waals surface area contributed by atoms with Crippen LogP contribution in [-0.2, 0) is 4.79 Å². The maximum Gasteiger partial charge on any atom is 0.271 e. The Balaban J connectivity index is 1.92. The lowest BCUT2D eigenvalue weighted by molar-refractivity contribution is -0.115. The molecule has 0 fully saturated rings. The molecule has 0 unspecified atom stereocenters. The Labute approximate surface area is 159 Å². The van der Waals surface area contributed by atoms with E-state index >= 15 is 0 Å². The number of hydrazone groups is 1. The summed E-state index contributed by atoms with van der Waals surface area (Å²) in [5.41, 5.74) is 4.98. The molecule has 0 aromatic heterocycles. The van der Waals surface area contributed by atoms with Gasteiger partial charge >= 0.3 is 0 Å². The Morgan fingerprint density at radius 1 is 1.20 bits per heavy atom. The Kier molecular flexibility index (Phi) is 6.73. The van der Waals surface area contributed by atoms with E-state index in [1.165, 1.54) is 0 Å². The smallest absolute Gasteiger partial charge is 0.271 e. The molecule has 0 spiro atoms. The van der Waals surface area contributed by atoms with Crippen LogP contribution < -0.4 is 10.7 Å². The van der Waals surface area contributed by atoms with Crippen LogP contribution in [-0.4, -0.2) is 17.5 Å². The summed E-state index contributed by atoms with van der Waals surface area (Å²) in [7, 11) is 0. The van der Waals surface area contributed by atoms with E-state index in [2.05, 4.69) is 31.8 Å². The van der Waals surface area contributed by atoms with E-state index in [1.807, 2.05) is 13.0 Å². The van der Waals surface area contributed by atoms with Gasteiger partial charge in [-0.3, -0.25) is 9.59 Å². The normalized spacial score (nSPS) is 11.1. The monoisotopic (exact) mass is 421 g/mol. The molecule has 2 N–H and O–H groups in total. The van der Waals surface area contributed by atoms with Crippen molar-refractivity contribution in [2.24, 2.45) is 5.10 Å². The van der Waals surface area contributed by atoms with Crippen molar-refractivity contribution >= 4 is 50.7 Å². The van der Waals surface area contributed by atoms with Gasteiger partial charge in [0.15, 0.2) is 0 Å². The predicted molar refractivity (Wildman–Crippen MR) is 104 cm³/mol. The summed E-state index contributed by atoms with van der Waals surface area (Å²) in [6, 6.07) is 12.2. The highest BCUT2D eigenvalue weighted by atomic mass is 79.9. The fourth-order valence-electron chi connectivity index (χ4n) is 2.07. The second-order valence-electron chi connectivity index (χ2n) is 5.48. The number of aryl methyl sites for hydroxylation is 1. The number of halogens is 2. The van der Waals surface area contributed by atoms with E-state index in [0.29, 0.717) is 22.0 Å². The third kappa shape index (κ3) is 5.99. The molecular weight excluding hydrogens is 406 g/mol. The molecule has 0 saturated carbocycles. The van der Waals surface area contributed by atoms with Crippen molar-refractivity contribution in [3.05, 3.63) is 63.1 Å². The second kappa shape index (κ2) is 8.78. The molecule has 7 heteroatoms. The Morgan fingerprint density at radius 2 is 1.96 bits per heavy atom. The van der Waals surface area contributed by atoms with E-state index < -0.39 is 0 Å². The summed E-state index contributed by atoms with van der Waals surface area (Å²) >= 11 is 9.20. The van der Waals surface area contributed by atoms with Gasteiger partial charge in [-0.2, -0.15) is 5.10 Å². The number of rotatable bonds is 5. The Bertz CT molecular complexity index is 837. The van der Waals surface area contributed by atoms with Crippen molar-refractivity contribution in [3.8, 4) is 0 Å². The van der Waals surface area contributed by atoms with Gasteiger partial charge in [0.25, 0.3) is 5.91 Å². The number of anilines is 1. The molecule has 5 nitrogen and oxygen atoms in total. The van der Waals surface area contributed by atoms with Crippen molar-refractivity contribution in [3.63, 3.8) is 0 Å². The van der Waals surface area contributed by atoms with Crippen molar-refractivity contribution in [2.45, 2.75) is 20.3 Å². The highest BCUT2D eigenvalue weighted by Crippen LogP contribution is 2.19. The van der Waals surface area contributed by atoms with E-state index in [0.717, 1.165) is 10.0 Å². The molecule has 2 rings (SSSR count). The Hall–Kier alpha value is -2.18. The van der Waals surface area contributed by atoms with Gasteiger partial charge in [-0.15, -0.1) is 0 Å². The minimum atomic E-state index is -0.338. The molecule has 0 aliphatic rings. The molecule has 0 saturated heterocycles. The molecule has 25 heavy (non-hydrogen) atoms. The quantitative estimate of drug-likeness (QED) is 0.548. The maximum atomic E-state index is 12.1. The lowest BCUT2D eigenvalue weighted by atomic mass is 10.2. The summed E-state index contributed by atoms with van der Waals surface area (Å²) in [5.74, 6) is -0.557. The number of carbonyl (C=O) groups is 2. The lowest BCUT2D eigenvalue weighted by Crippen LogP contribution is -2.21. The minimum absolute atomic E-state index is 0.0703. The van der Waals surface area contributed by atoms with Gasteiger partial charge in [0.05, 0.1) is 6.42 Å². The fourth-order valence-corrected chi connectivity index (χ4v) is 2.70. The highest BCUT2D eigenvalue weighted by molar-refractivity contribution is 9.10. The molecule has 2 aromatic carbocycles. The van der Waals surface area contributed by atoms with Crippen LogP contribution >= 0.6 is 27.5 Å². The van der Waals surface area contributed by atoms with Crippen LogP contribution in [0.15, 0.2) is 52.0 Å². The molecule has 0 aliphatic carbocycles. The summed E-state index contributed by atoms with van der Waals surface area (Å²) < 4.78 is 0.804. The van der Waals surface area contributed by atoms with Crippen LogP contribution in [0.5, 0.6) is 0 Å². The molecule has 0 bridgehead atoms. The summed E-state index contributed by atoms with van der Waals surface area (Å²) in [6.07, 6.45) is 0.0703. The zero-order valence-electron chi connectivity index (χ0n) is 13.8. The van der Waals surface area contributed by atoms with Crippen LogP contribution in [0.3, 0.4) is 0 Å². The standard InChI is InChI=1S/C18H17BrClN3O2/c1-11-8-15(20)6-7-16(11)21-17(24)9-12(2)22-23-18(25)13-4-3-5-14(19)10-13/h3-8,10H,9H2,1-2H3,(H,21,24)(H,23,25)/b22-12+. The number of hydrogen-bond acceptors (Lipinski definition) is 3. The summed E-state index contributed by atoms with van der Waals surface area (Å²) in [6.45, 7) is 3.54. The third-order valence-corrected chi connectivity index (χ3v) is 4.04. The van der Waals surface area contributed by atoms with Gasteiger partial charge in [0.2, 0.25) is 5.91 Å². The van der Waals surface area contributed by atoms with E-state index in [4.69, 9.17) is 11.6 Å². The topological polar surface area (TPSA) is 70.6 Å². The number of nitrogens with one attached hydrogen (secondary N) is 2. The van der Waals surface area contributed by atoms with Crippen molar-refractivity contribution < 1.29 is 9.59 Å². The first-order chi connectivity index (χ1) is 11.8. The van der Waals surface area contributed by atoms with Crippen molar-refractivity contribution in [2.75, 3.05) is 5.32 Å². The largest absolute Gasteiger partial charge is 0.326 e. The van der Waals surface area contributed by atoms with Crippen LogP contribution in [0.1, 0.15) is 29.3 Å². The fraction of sp³-hybridized carbons (Fsp3) is 0.167. The first-order valence-corrected chi connectivity index (χ1v) is 8.67. The zero-order chi connectivity index (χ0) is 18.4. The van der Waals surface area contributed by atoms with Crippen molar-refractivity contribution in [1.29, 1.82) is 0 Å². The van der Waals surface area contributed by atoms with Gasteiger partial charge in [-0.05, 0) is 55.8 Å². The van der Waals surface area contributed by atoms with Gasteiger partial charge < -0.3 is 5.32 Å². The SMILES string of the molecule is C/C(CC(=O)Nc1ccc(Cl)cc1C)=N\NC(=O)c1cccc(Br)c1. The molecule has 130 valence electrons. The lowest BCUT2D eigenvalue weighted by Gasteiger charge is -2.08. The van der Waals surface area contributed by atoms with E-state index in [1.54, 1.807) is 43.3 Å². The number of amides is 2. The number of benzene rings is 2. The molecule has 0 aliphatic heterocycles. The summed E-state index contributed by atoms with van der Waals surface area (Å²) in [4.78, 5) is 24.1. The summed E-state index contributed by atoms with van der Waals surface area (Å²) in [5, 5.41) is 7.38. The van der Waals surface area contributed by atoms with Gasteiger partial charge in [0, 0.05) is 26.5 Å². The average molecular weight is 423 g/mol.